The summed E-state index contributed by atoms with van der Waals surface area (Å²) >= 11 is 0. The number of benzene rings is 2. The molecule has 0 fully saturated rings. The minimum Gasteiger partial charge on any atom is -0.456 e. The molecular formula is C23H31N3O5S. The molecule has 0 saturated heterocycles. The van der Waals surface area contributed by atoms with Gasteiger partial charge in [-0.1, -0.05) is 12.1 Å². The van der Waals surface area contributed by atoms with Gasteiger partial charge in [-0.15, -0.1) is 0 Å². The lowest BCUT2D eigenvalue weighted by Gasteiger charge is -2.27. The molecule has 0 heterocycles. The molecule has 0 aliphatic rings. The van der Waals surface area contributed by atoms with Gasteiger partial charge >= 0.3 is 5.97 Å². The van der Waals surface area contributed by atoms with Gasteiger partial charge in [0.15, 0.2) is 6.61 Å². The van der Waals surface area contributed by atoms with Gasteiger partial charge in [0.05, 0.1) is 4.90 Å². The number of sulfonamides is 1. The highest BCUT2D eigenvalue weighted by Crippen LogP contribution is 2.20. The molecule has 0 aliphatic carbocycles. The summed E-state index contributed by atoms with van der Waals surface area (Å²) in [7, 11) is -2.15. The molecule has 2 rings (SSSR count). The molecule has 2 aromatic rings. The quantitative estimate of drug-likeness (QED) is 0.499. The van der Waals surface area contributed by atoms with E-state index in [1.54, 1.807) is 12.1 Å². The Balaban J connectivity index is 1.78. The maximum atomic E-state index is 12.1. The van der Waals surface area contributed by atoms with Crippen molar-refractivity contribution in [2.75, 3.05) is 30.4 Å². The second-order valence-electron chi connectivity index (χ2n) is 7.49. The van der Waals surface area contributed by atoms with Crippen molar-refractivity contribution >= 4 is 33.3 Å². The first-order valence-electron chi connectivity index (χ1n) is 10.5. The maximum Gasteiger partial charge on any atom is 0.306 e. The molecule has 0 saturated carbocycles. The predicted molar refractivity (Wildman–Crippen MR) is 125 cm³/mol. The summed E-state index contributed by atoms with van der Waals surface area (Å²) in [6.07, 6.45) is 0.466. The van der Waals surface area contributed by atoms with Gasteiger partial charge in [-0.2, -0.15) is 0 Å². The third-order valence-corrected chi connectivity index (χ3v) is 6.36. The number of carbonyl (C=O) groups is 2. The second-order valence-corrected chi connectivity index (χ2v) is 9.37. The summed E-state index contributed by atoms with van der Waals surface area (Å²) in [6.45, 7) is 6.85. The summed E-state index contributed by atoms with van der Waals surface area (Å²) < 4.78 is 30.7. The van der Waals surface area contributed by atoms with Gasteiger partial charge < -0.3 is 15.0 Å². The summed E-state index contributed by atoms with van der Waals surface area (Å²) in [4.78, 5) is 26.4. The van der Waals surface area contributed by atoms with Crippen molar-refractivity contribution < 1.29 is 22.7 Å². The van der Waals surface area contributed by atoms with Crippen molar-refractivity contribution in [3.63, 3.8) is 0 Å². The maximum absolute atomic E-state index is 12.1. The summed E-state index contributed by atoms with van der Waals surface area (Å²) in [5, 5.41) is 2.71. The Morgan fingerprint density at radius 2 is 1.66 bits per heavy atom. The van der Waals surface area contributed by atoms with E-state index in [4.69, 9.17) is 4.74 Å². The van der Waals surface area contributed by atoms with Crippen LogP contribution in [0.1, 0.15) is 32.8 Å². The largest absolute Gasteiger partial charge is 0.456 e. The molecule has 0 atom stereocenters. The number of hydrogen-bond acceptors (Lipinski definition) is 6. The van der Waals surface area contributed by atoms with Crippen LogP contribution >= 0.6 is 0 Å². The highest BCUT2D eigenvalue weighted by molar-refractivity contribution is 7.89. The zero-order valence-corrected chi connectivity index (χ0v) is 19.7. The number of carbonyl (C=O) groups excluding carboxylic acids is 2. The lowest BCUT2D eigenvalue weighted by molar-refractivity contribution is -0.147. The topological polar surface area (TPSA) is 105 Å². The number of amides is 1. The third kappa shape index (κ3) is 7.35. The van der Waals surface area contributed by atoms with E-state index in [9.17, 15) is 18.0 Å². The van der Waals surface area contributed by atoms with Crippen molar-refractivity contribution in [2.24, 2.45) is 0 Å². The molecule has 0 aromatic heterocycles. The molecule has 0 aliphatic heterocycles. The van der Waals surface area contributed by atoms with Gasteiger partial charge in [0.2, 0.25) is 10.0 Å². The third-order valence-electron chi connectivity index (χ3n) is 4.93. The number of esters is 1. The average molecular weight is 462 g/mol. The van der Waals surface area contributed by atoms with Crippen molar-refractivity contribution in [3.8, 4) is 0 Å². The molecule has 1 amide bonds. The monoisotopic (exact) mass is 461 g/mol. The molecule has 0 unspecified atom stereocenters. The van der Waals surface area contributed by atoms with Gasteiger partial charge in [0, 0.05) is 30.4 Å². The van der Waals surface area contributed by atoms with E-state index in [1.165, 1.54) is 19.2 Å². The molecule has 0 bridgehead atoms. The van der Waals surface area contributed by atoms with E-state index in [0.717, 1.165) is 17.8 Å². The van der Waals surface area contributed by atoms with Crippen LogP contribution in [-0.4, -0.2) is 46.5 Å². The Hall–Kier alpha value is -2.91. The fourth-order valence-electron chi connectivity index (χ4n) is 3.20. The number of ether oxygens (including phenoxy) is 1. The van der Waals surface area contributed by atoms with Crippen LogP contribution in [0.4, 0.5) is 11.4 Å². The molecule has 2 N–H and O–H groups in total. The molecule has 0 spiro atoms. The lowest BCUT2D eigenvalue weighted by atomic mass is 10.1. The van der Waals surface area contributed by atoms with E-state index < -0.39 is 21.9 Å². The van der Waals surface area contributed by atoms with Gasteiger partial charge in [-0.05, 0) is 76.2 Å². The van der Waals surface area contributed by atoms with Crippen LogP contribution in [0.15, 0.2) is 53.4 Å². The van der Waals surface area contributed by atoms with Crippen LogP contribution in [0.2, 0.25) is 0 Å². The van der Waals surface area contributed by atoms with Crippen LogP contribution in [-0.2, 0) is 30.8 Å². The number of aryl methyl sites for hydroxylation is 1. The van der Waals surface area contributed by atoms with E-state index >= 15 is 0 Å². The highest BCUT2D eigenvalue weighted by atomic mass is 32.2. The minimum absolute atomic E-state index is 0.0855. The summed E-state index contributed by atoms with van der Waals surface area (Å²) in [5.41, 5.74) is 2.50. The number of anilines is 2. The molecule has 0 radical (unpaired) electrons. The smallest absolute Gasteiger partial charge is 0.306 e. The zero-order valence-electron chi connectivity index (χ0n) is 18.9. The molecule has 9 heteroatoms. The van der Waals surface area contributed by atoms with Crippen molar-refractivity contribution in [1.29, 1.82) is 0 Å². The van der Waals surface area contributed by atoms with E-state index in [2.05, 4.69) is 35.7 Å². The Bertz CT molecular complexity index is 1000. The summed E-state index contributed by atoms with van der Waals surface area (Å²) in [5.74, 6) is -0.915. The number of nitrogens with zero attached hydrogens (tertiary/aromatic N) is 1. The van der Waals surface area contributed by atoms with Gasteiger partial charge in [0.25, 0.3) is 5.91 Å². The Labute approximate surface area is 190 Å². The first kappa shape index (κ1) is 25.4. The standard InChI is InChI=1S/C23H31N3O5S/c1-5-26(17(2)3)20-11-9-19(10-12-20)25-22(27)16-31-23(28)15-8-18-6-13-21(14-7-18)32(29,30)24-4/h6-7,9-14,17,24H,5,8,15-16H2,1-4H3,(H,25,27). The van der Waals surface area contributed by atoms with Crippen LogP contribution < -0.4 is 14.9 Å². The first-order valence-corrected chi connectivity index (χ1v) is 12.0. The van der Waals surface area contributed by atoms with Crippen LogP contribution in [0.5, 0.6) is 0 Å². The number of hydrogen-bond donors (Lipinski definition) is 2. The molecular weight excluding hydrogens is 430 g/mol. The molecule has 174 valence electrons. The van der Waals surface area contributed by atoms with Crippen LogP contribution in [0, 0.1) is 0 Å². The molecule has 8 nitrogen and oxygen atoms in total. The average Bonchev–Trinajstić information content (AvgIpc) is 2.78. The van der Waals surface area contributed by atoms with E-state index in [-0.39, 0.29) is 17.9 Å². The van der Waals surface area contributed by atoms with Crippen molar-refractivity contribution in [3.05, 3.63) is 54.1 Å². The minimum atomic E-state index is -3.49. The predicted octanol–water partition coefficient (Wildman–Crippen LogP) is 2.94. The second kappa shape index (κ2) is 11.6. The lowest BCUT2D eigenvalue weighted by Crippen LogP contribution is -2.30. The van der Waals surface area contributed by atoms with E-state index in [0.29, 0.717) is 18.2 Å². The SMILES string of the molecule is CCN(c1ccc(NC(=O)COC(=O)CCc2ccc(S(=O)(=O)NC)cc2)cc1)C(C)C. The van der Waals surface area contributed by atoms with Crippen LogP contribution in [0.25, 0.3) is 0 Å². The molecule has 2 aromatic carbocycles. The molecule has 32 heavy (non-hydrogen) atoms. The Morgan fingerprint density at radius 3 is 2.19 bits per heavy atom. The highest BCUT2D eigenvalue weighted by Gasteiger charge is 2.12. The van der Waals surface area contributed by atoms with Crippen LogP contribution in [0.3, 0.4) is 0 Å². The normalized spacial score (nSPS) is 11.3. The van der Waals surface area contributed by atoms with Gasteiger partial charge in [-0.25, -0.2) is 13.1 Å². The fourth-order valence-corrected chi connectivity index (χ4v) is 3.93. The zero-order chi connectivity index (χ0) is 23.7. The summed E-state index contributed by atoms with van der Waals surface area (Å²) in [6, 6.07) is 14.1. The first-order chi connectivity index (χ1) is 15.2. The van der Waals surface area contributed by atoms with Crippen molar-refractivity contribution in [2.45, 2.75) is 44.6 Å². The number of nitrogens with one attached hydrogen (secondary N) is 2. The van der Waals surface area contributed by atoms with E-state index in [1.807, 2.05) is 24.3 Å². The fraction of sp³-hybridized carbons (Fsp3) is 0.391. The van der Waals surface area contributed by atoms with Crippen molar-refractivity contribution in [1.82, 2.24) is 4.72 Å². The van der Waals surface area contributed by atoms with Gasteiger partial charge in [0.1, 0.15) is 0 Å². The van der Waals surface area contributed by atoms with Gasteiger partial charge in [-0.3, -0.25) is 9.59 Å². The Kier molecular flexibility index (Phi) is 9.22. The number of rotatable bonds is 11. The Morgan fingerprint density at radius 1 is 1.03 bits per heavy atom.